The number of ether oxygens (including phenoxy) is 1. The molecule has 0 aromatic heterocycles. The molecule has 0 bridgehead atoms. The Morgan fingerprint density at radius 3 is 2.46 bits per heavy atom. The third kappa shape index (κ3) is 2.17. The first-order valence-corrected chi connectivity index (χ1v) is 4.68. The predicted octanol–water partition coefficient (Wildman–Crippen LogP) is 3.80. The van der Waals surface area contributed by atoms with Crippen molar-refractivity contribution >= 4 is 31.9 Å². The first-order chi connectivity index (χ1) is 6.07. The zero-order chi connectivity index (χ0) is 10.0. The van der Waals surface area contributed by atoms with Gasteiger partial charge in [-0.1, -0.05) is 0 Å². The van der Waals surface area contributed by atoms with Gasteiger partial charge < -0.3 is 4.74 Å². The van der Waals surface area contributed by atoms with Crippen molar-refractivity contribution in [2.45, 2.75) is 0 Å². The van der Waals surface area contributed by atoms with Crippen LogP contribution in [0.4, 0.5) is 13.2 Å². The molecule has 1 nitrogen and oxygen atoms in total. The molecular weight excluding hydrogens is 317 g/mol. The monoisotopic (exact) mass is 318 g/mol. The molecule has 0 N–H and O–H groups in total. The lowest BCUT2D eigenvalue weighted by molar-refractivity contribution is 0.176. The van der Waals surface area contributed by atoms with Gasteiger partial charge in [0.25, 0.3) is 0 Å². The van der Waals surface area contributed by atoms with E-state index in [0.29, 0.717) is 0 Å². The van der Waals surface area contributed by atoms with E-state index in [0.717, 1.165) is 6.07 Å². The lowest BCUT2D eigenvalue weighted by Crippen LogP contribution is -1.98. The van der Waals surface area contributed by atoms with Gasteiger partial charge in [-0.15, -0.1) is 0 Å². The van der Waals surface area contributed by atoms with Gasteiger partial charge in [-0.25, -0.2) is 13.2 Å². The molecule has 0 aliphatic rings. The van der Waals surface area contributed by atoms with Gasteiger partial charge in [0.05, 0.1) is 4.47 Å². The summed E-state index contributed by atoms with van der Waals surface area (Å²) in [6, 6.07) is 0.984. The third-order valence-corrected chi connectivity index (χ3v) is 3.20. The van der Waals surface area contributed by atoms with Gasteiger partial charge in [0.15, 0.2) is 17.4 Å². The van der Waals surface area contributed by atoms with E-state index < -0.39 is 24.2 Å². The molecule has 0 radical (unpaired) electrons. The second-order valence-electron chi connectivity index (χ2n) is 2.05. The van der Waals surface area contributed by atoms with Crippen molar-refractivity contribution in [3.8, 4) is 5.75 Å². The van der Waals surface area contributed by atoms with Crippen molar-refractivity contribution in [3.63, 3.8) is 0 Å². The van der Waals surface area contributed by atoms with Crippen LogP contribution in [0.2, 0.25) is 0 Å². The van der Waals surface area contributed by atoms with Gasteiger partial charge in [-0.3, -0.25) is 0 Å². The minimum atomic E-state index is -1.28. The highest BCUT2D eigenvalue weighted by Gasteiger charge is 2.16. The minimum Gasteiger partial charge on any atom is -0.457 e. The maximum atomic E-state index is 13.1. The number of halogens is 5. The smallest absolute Gasteiger partial charge is 0.228 e. The average molecular weight is 320 g/mol. The number of alkyl halides is 1. The summed E-state index contributed by atoms with van der Waals surface area (Å²) in [7, 11) is 0. The van der Waals surface area contributed by atoms with E-state index in [2.05, 4.69) is 36.6 Å². The quantitative estimate of drug-likeness (QED) is 0.595. The maximum Gasteiger partial charge on any atom is 0.228 e. The fraction of sp³-hybridized carbons (Fsp3) is 0.143. The molecule has 0 aliphatic heterocycles. The molecule has 0 fully saturated rings. The summed E-state index contributed by atoms with van der Waals surface area (Å²) in [5, 5.41) is 0. The van der Waals surface area contributed by atoms with Crippen molar-refractivity contribution in [2.75, 3.05) is 6.86 Å². The summed E-state index contributed by atoms with van der Waals surface area (Å²) >= 11 is 5.75. The molecule has 0 amide bonds. The SMILES string of the molecule is FCOc1c(F)cc(Br)c(Br)c1F. The van der Waals surface area contributed by atoms with E-state index in [-0.39, 0.29) is 8.95 Å². The third-order valence-electron chi connectivity index (χ3n) is 1.27. The molecule has 0 saturated carbocycles. The van der Waals surface area contributed by atoms with Crippen LogP contribution in [0.5, 0.6) is 5.75 Å². The molecule has 1 rings (SSSR count). The molecule has 0 saturated heterocycles. The Kier molecular flexibility index (Phi) is 3.61. The van der Waals surface area contributed by atoms with E-state index >= 15 is 0 Å². The van der Waals surface area contributed by atoms with Crippen LogP contribution in [-0.2, 0) is 0 Å². The topological polar surface area (TPSA) is 9.23 Å². The van der Waals surface area contributed by atoms with E-state index in [1.54, 1.807) is 0 Å². The van der Waals surface area contributed by atoms with Crippen LogP contribution >= 0.6 is 31.9 Å². The molecule has 0 aliphatic carbocycles. The van der Waals surface area contributed by atoms with Gasteiger partial charge in [-0.05, 0) is 37.9 Å². The van der Waals surface area contributed by atoms with Crippen LogP contribution in [-0.4, -0.2) is 6.86 Å². The highest BCUT2D eigenvalue weighted by Crippen LogP contribution is 2.34. The van der Waals surface area contributed by atoms with E-state index in [4.69, 9.17) is 0 Å². The Labute approximate surface area is 89.1 Å². The molecule has 1 aromatic rings. The van der Waals surface area contributed by atoms with Crippen LogP contribution in [0, 0.1) is 11.6 Å². The van der Waals surface area contributed by atoms with Gasteiger partial charge in [0.2, 0.25) is 6.86 Å². The van der Waals surface area contributed by atoms with Gasteiger partial charge in [0.1, 0.15) is 0 Å². The highest BCUT2D eigenvalue weighted by molar-refractivity contribution is 9.13. The number of benzene rings is 1. The highest BCUT2D eigenvalue weighted by atomic mass is 79.9. The molecule has 6 heteroatoms. The Bertz CT molecular complexity index is 330. The normalized spacial score (nSPS) is 10.2. The van der Waals surface area contributed by atoms with E-state index in [1.807, 2.05) is 0 Å². The average Bonchev–Trinajstić information content (AvgIpc) is 2.09. The summed E-state index contributed by atoms with van der Waals surface area (Å²) < 4.78 is 42.0. The summed E-state index contributed by atoms with van der Waals surface area (Å²) in [5.74, 6) is -2.65. The van der Waals surface area contributed by atoms with Crippen molar-refractivity contribution < 1.29 is 17.9 Å². The van der Waals surface area contributed by atoms with Gasteiger partial charge in [0, 0.05) is 4.47 Å². The van der Waals surface area contributed by atoms with Crippen molar-refractivity contribution in [1.82, 2.24) is 0 Å². The van der Waals surface area contributed by atoms with Crippen molar-refractivity contribution in [1.29, 1.82) is 0 Å². The van der Waals surface area contributed by atoms with Crippen molar-refractivity contribution in [3.05, 3.63) is 26.6 Å². The van der Waals surface area contributed by atoms with Crippen LogP contribution in [0.25, 0.3) is 0 Å². The van der Waals surface area contributed by atoms with Crippen LogP contribution in [0.1, 0.15) is 0 Å². The van der Waals surface area contributed by atoms with E-state index in [1.165, 1.54) is 0 Å². The summed E-state index contributed by atoms with van der Waals surface area (Å²) in [6.45, 7) is -1.28. The predicted molar refractivity (Wildman–Crippen MR) is 48.4 cm³/mol. The second kappa shape index (κ2) is 4.32. The standard InChI is InChI=1S/C7H3Br2F3O/c8-3-1-4(11)7(13-2-10)6(12)5(3)9/h1H,2H2. The molecule has 13 heavy (non-hydrogen) atoms. The first-order valence-electron chi connectivity index (χ1n) is 3.09. The fourth-order valence-corrected chi connectivity index (χ4v) is 1.41. The minimum absolute atomic E-state index is 0.00245. The summed E-state index contributed by atoms with van der Waals surface area (Å²) in [6.07, 6.45) is 0. The Balaban J connectivity index is 3.26. The molecular formula is C7H3Br2F3O. The molecule has 72 valence electrons. The van der Waals surface area contributed by atoms with Gasteiger partial charge in [-0.2, -0.15) is 0 Å². The molecule has 1 aromatic carbocycles. The first kappa shape index (κ1) is 10.8. The number of rotatable bonds is 2. The van der Waals surface area contributed by atoms with Crippen LogP contribution < -0.4 is 4.74 Å². The summed E-state index contributed by atoms with van der Waals surface area (Å²) in [4.78, 5) is 0. The Hall–Kier alpha value is -0.230. The Morgan fingerprint density at radius 2 is 1.92 bits per heavy atom. The second-order valence-corrected chi connectivity index (χ2v) is 3.70. The van der Waals surface area contributed by atoms with E-state index in [9.17, 15) is 13.2 Å². The Morgan fingerprint density at radius 1 is 1.31 bits per heavy atom. The van der Waals surface area contributed by atoms with Crippen LogP contribution in [0.15, 0.2) is 15.0 Å². The summed E-state index contributed by atoms with van der Waals surface area (Å²) in [5.41, 5.74) is 0. The van der Waals surface area contributed by atoms with Crippen molar-refractivity contribution in [2.24, 2.45) is 0 Å². The fourth-order valence-electron chi connectivity index (χ4n) is 0.736. The molecule has 0 unspecified atom stereocenters. The maximum absolute atomic E-state index is 13.1. The zero-order valence-electron chi connectivity index (χ0n) is 6.08. The lowest BCUT2D eigenvalue weighted by atomic mass is 10.3. The molecule has 0 spiro atoms. The van der Waals surface area contributed by atoms with Crippen LogP contribution in [0.3, 0.4) is 0 Å². The molecule has 0 heterocycles. The zero-order valence-corrected chi connectivity index (χ0v) is 9.25. The number of hydrogen-bond donors (Lipinski definition) is 0. The number of hydrogen-bond acceptors (Lipinski definition) is 1. The lowest BCUT2D eigenvalue weighted by Gasteiger charge is -2.06. The largest absolute Gasteiger partial charge is 0.457 e. The molecule has 0 atom stereocenters. The van der Waals surface area contributed by atoms with Gasteiger partial charge >= 0.3 is 0 Å².